The van der Waals surface area contributed by atoms with Crippen LogP contribution >= 0.6 is 0 Å². The number of methoxy groups -OCH3 is 1. The molecule has 3 heteroatoms. The van der Waals surface area contributed by atoms with E-state index in [0.717, 1.165) is 13.2 Å². The third kappa shape index (κ3) is 3.72. The van der Waals surface area contributed by atoms with E-state index in [-0.39, 0.29) is 0 Å². The van der Waals surface area contributed by atoms with Gasteiger partial charge in [0.1, 0.15) is 0 Å². The predicted octanol–water partition coefficient (Wildman–Crippen LogP) is 1.87. The third-order valence-corrected chi connectivity index (χ3v) is 3.64. The molecule has 0 aromatic rings. The average molecular weight is 228 g/mol. The van der Waals surface area contributed by atoms with Crippen LogP contribution in [0.15, 0.2) is 0 Å². The van der Waals surface area contributed by atoms with Crippen LogP contribution in [0.3, 0.4) is 0 Å². The normalized spacial score (nSPS) is 29.2. The van der Waals surface area contributed by atoms with Gasteiger partial charge < -0.3 is 10.1 Å². The van der Waals surface area contributed by atoms with E-state index in [9.17, 15) is 0 Å². The molecule has 0 radical (unpaired) electrons. The lowest BCUT2D eigenvalue weighted by Crippen LogP contribution is -2.59. The van der Waals surface area contributed by atoms with Gasteiger partial charge in [-0.05, 0) is 19.8 Å². The van der Waals surface area contributed by atoms with Crippen LogP contribution < -0.4 is 5.32 Å². The molecule has 16 heavy (non-hydrogen) atoms. The fraction of sp³-hybridized carbons (Fsp3) is 1.00. The van der Waals surface area contributed by atoms with Crippen LogP contribution in [0.2, 0.25) is 0 Å². The van der Waals surface area contributed by atoms with Crippen LogP contribution in [-0.4, -0.2) is 49.8 Å². The first kappa shape index (κ1) is 13.9. The van der Waals surface area contributed by atoms with E-state index in [4.69, 9.17) is 4.74 Å². The predicted molar refractivity (Wildman–Crippen MR) is 68.8 cm³/mol. The van der Waals surface area contributed by atoms with Crippen LogP contribution in [-0.2, 0) is 4.74 Å². The Hall–Kier alpha value is -0.120. The van der Waals surface area contributed by atoms with Crippen LogP contribution in [0.4, 0.5) is 0 Å². The largest absolute Gasteiger partial charge is 0.383 e. The molecule has 1 N–H and O–H groups in total. The number of ether oxygens (including phenoxy) is 1. The number of nitrogens with one attached hydrogen (secondary N) is 1. The topological polar surface area (TPSA) is 24.5 Å². The Labute approximate surface area is 101 Å². The lowest BCUT2D eigenvalue weighted by molar-refractivity contribution is 0.0360. The van der Waals surface area contributed by atoms with E-state index in [1.807, 2.05) is 0 Å². The van der Waals surface area contributed by atoms with Gasteiger partial charge in [0, 0.05) is 38.3 Å². The molecule has 1 aliphatic rings. The molecule has 0 aliphatic carbocycles. The first-order chi connectivity index (χ1) is 7.72. The molecular weight excluding hydrogens is 200 g/mol. The second-order valence-electron chi connectivity index (χ2n) is 4.96. The summed E-state index contributed by atoms with van der Waals surface area (Å²) < 4.78 is 5.33. The van der Waals surface area contributed by atoms with Crippen molar-refractivity contribution in [3.63, 3.8) is 0 Å². The summed E-state index contributed by atoms with van der Waals surface area (Å²) in [4.78, 5) is 2.63. The van der Waals surface area contributed by atoms with E-state index in [1.54, 1.807) is 7.11 Å². The fourth-order valence-electron chi connectivity index (χ4n) is 2.64. The van der Waals surface area contributed by atoms with Gasteiger partial charge in [-0.3, -0.25) is 4.90 Å². The van der Waals surface area contributed by atoms with Crippen molar-refractivity contribution < 1.29 is 4.74 Å². The second kappa shape index (κ2) is 7.25. The molecule has 1 fully saturated rings. The highest BCUT2D eigenvalue weighted by Gasteiger charge is 2.28. The minimum atomic E-state index is 0.585. The molecule has 0 aromatic carbocycles. The Bertz CT molecular complexity index is 187. The van der Waals surface area contributed by atoms with Gasteiger partial charge in [0.15, 0.2) is 0 Å². The molecule has 0 aromatic heterocycles. The maximum Gasteiger partial charge on any atom is 0.0618 e. The van der Waals surface area contributed by atoms with E-state index in [0.29, 0.717) is 18.1 Å². The summed E-state index contributed by atoms with van der Waals surface area (Å²) in [6, 6.07) is 1.89. The van der Waals surface area contributed by atoms with E-state index >= 15 is 0 Å². The summed E-state index contributed by atoms with van der Waals surface area (Å²) in [7, 11) is 1.80. The fourth-order valence-corrected chi connectivity index (χ4v) is 2.64. The van der Waals surface area contributed by atoms with E-state index in [1.165, 1.54) is 25.8 Å². The minimum absolute atomic E-state index is 0.585. The van der Waals surface area contributed by atoms with Crippen molar-refractivity contribution in [1.29, 1.82) is 0 Å². The maximum atomic E-state index is 5.33. The van der Waals surface area contributed by atoms with Gasteiger partial charge in [0.25, 0.3) is 0 Å². The Morgan fingerprint density at radius 1 is 1.44 bits per heavy atom. The number of rotatable bonds is 6. The van der Waals surface area contributed by atoms with E-state index < -0.39 is 0 Å². The summed E-state index contributed by atoms with van der Waals surface area (Å²) in [5, 5.41) is 3.64. The molecular formula is C13H28N2O. The molecule has 3 nitrogen and oxygen atoms in total. The first-order valence-corrected chi connectivity index (χ1v) is 6.70. The number of hydrogen-bond acceptors (Lipinski definition) is 3. The highest BCUT2D eigenvalue weighted by Crippen LogP contribution is 2.16. The van der Waals surface area contributed by atoms with Crippen LogP contribution in [0.5, 0.6) is 0 Å². The number of piperazine rings is 1. The minimum Gasteiger partial charge on any atom is -0.383 e. The Morgan fingerprint density at radius 3 is 2.75 bits per heavy atom. The van der Waals surface area contributed by atoms with E-state index in [2.05, 4.69) is 31.0 Å². The smallest absolute Gasteiger partial charge is 0.0618 e. The molecule has 1 aliphatic heterocycles. The molecule has 3 atom stereocenters. The van der Waals surface area contributed by atoms with Gasteiger partial charge in [-0.15, -0.1) is 0 Å². The van der Waals surface area contributed by atoms with Gasteiger partial charge in [-0.2, -0.15) is 0 Å². The molecule has 0 spiro atoms. The van der Waals surface area contributed by atoms with Gasteiger partial charge >= 0.3 is 0 Å². The van der Waals surface area contributed by atoms with Crippen molar-refractivity contribution in [2.24, 2.45) is 0 Å². The van der Waals surface area contributed by atoms with Gasteiger partial charge in [-0.25, -0.2) is 0 Å². The Balaban J connectivity index is 2.52. The van der Waals surface area contributed by atoms with Gasteiger partial charge in [0.2, 0.25) is 0 Å². The van der Waals surface area contributed by atoms with Crippen molar-refractivity contribution in [2.45, 2.75) is 58.2 Å². The van der Waals surface area contributed by atoms with Gasteiger partial charge in [0.05, 0.1) is 6.61 Å². The van der Waals surface area contributed by atoms with Crippen molar-refractivity contribution in [3.8, 4) is 0 Å². The summed E-state index contributed by atoms with van der Waals surface area (Å²) in [6.45, 7) is 9.98. The average Bonchev–Trinajstić information content (AvgIpc) is 2.29. The quantitative estimate of drug-likeness (QED) is 0.751. The second-order valence-corrected chi connectivity index (χ2v) is 4.96. The zero-order valence-electron chi connectivity index (χ0n) is 11.3. The molecule has 3 unspecified atom stereocenters. The van der Waals surface area contributed by atoms with Crippen LogP contribution in [0, 0.1) is 0 Å². The molecule has 1 heterocycles. The summed E-state index contributed by atoms with van der Waals surface area (Å²) in [5.41, 5.74) is 0. The van der Waals surface area contributed by atoms with Gasteiger partial charge in [-0.1, -0.05) is 20.3 Å². The highest BCUT2D eigenvalue weighted by molar-refractivity contribution is 4.87. The maximum absolute atomic E-state index is 5.33. The molecule has 96 valence electrons. The van der Waals surface area contributed by atoms with Crippen LogP contribution in [0.1, 0.15) is 40.0 Å². The van der Waals surface area contributed by atoms with Crippen molar-refractivity contribution >= 4 is 0 Å². The van der Waals surface area contributed by atoms with Crippen molar-refractivity contribution in [1.82, 2.24) is 10.2 Å². The SMILES string of the molecule is CCCC1CN(C(CC)COC)C(C)CN1. The lowest BCUT2D eigenvalue weighted by Gasteiger charge is -2.43. The number of nitrogens with zero attached hydrogens (tertiary/aromatic N) is 1. The summed E-state index contributed by atoms with van der Waals surface area (Å²) in [5.74, 6) is 0. The lowest BCUT2D eigenvalue weighted by atomic mass is 10.0. The third-order valence-electron chi connectivity index (χ3n) is 3.64. The molecule has 0 saturated carbocycles. The summed E-state index contributed by atoms with van der Waals surface area (Å²) in [6.07, 6.45) is 3.73. The zero-order valence-corrected chi connectivity index (χ0v) is 11.3. The Kier molecular flexibility index (Phi) is 6.32. The molecule has 1 rings (SSSR count). The monoisotopic (exact) mass is 228 g/mol. The van der Waals surface area contributed by atoms with Crippen molar-refractivity contribution in [2.75, 3.05) is 26.8 Å². The van der Waals surface area contributed by atoms with Crippen LogP contribution in [0.25, 0.3) is 0 Å². The highest BCUT2D eigenvalue weighted by atomic mass is 16.5. The standard InChI is InChI=1S/C13H28N2O/c1-5-7-12-9-15(11(3)8-14-12)13(6-2)10-16-4/h11-14H,5-10H2,1-4H3. The molecule has 1 saturated heterocycles. The first-order valence-electron chi connectivity index (χ1n) is 6.70. The molecule has 0 bridgehead atoms. The Morgan fingerprint density at radius 2 is 2.19 bits per heavy atom. The molecule has 0 amide bonds. The van der Waals surface area contributed by atoms with Crippen molar-refractivity contribution in [3.05, 3.63) is 0 Å². The number of hydrogen-bond donors (Lipinski definition) is 1. The summed E-state index contributed by atoms with van der Waals surface area (Å²) >= 11 is 0. The zero-order chi connectivity index (χ0) is 12.0.